The van der Waals surface area contributed by atoms with Crippen molar-refractivity contribution < 1.29 is 24.2 Å². The van der Waals surface area contributed by atoms with Gasteiger partial charge in [-0.25, -0.2) is 0 Å². The molecule has 7 heteroatoms. The van der Waals surface area contributed by atoms with Crippen molar-refractivity contribution in [3.8, 4) is 0 Å². The number of unbranched alkanes of at least 4 members (excludes halogenated alkanes) is 1. The summed E-state index contributed by atoms with van der Waals surface area (Å²) in [5.41, 5.74) is 1.08. The Bertz CT molecular complexity index is 824. The third-order valence-corrected chi connectivity index (χ3v) is 6.09. The van der Waals surface area contributed by atoms with Gasteiger partial charge in [0.25, 0.3) is 0 Å². The van der Waals surface area contributed by atoms with E-state index < -0.39 is 12.0 Å². The van der Waals surface area contributed by atoms with E-state index in [1.807, 2.05) is 50.3 Å². The van der Waals surface area contributed by atoms with E-state index in [1.54, 1.807) is 13.0 Å². The minimum Gasteiger partial charge on any atom is -0.463 e. The molecule has 0 bridgehead atoms. The van der Waals surface area contributed by atoms with Crippen LogP contribution in [0.2, 0.25) is 0 Å². The quantitative estimate of drug-likeness (QED) is 0.161. The second-order valence-electron chi connectivity index (χ2n) is 9.67. The number of nitrogens with one attached hydrogen (secondary N) is 2. The summed E-state index contributed by atoms with van der Waals surface area (Å²) in [5, 5.41) is 14.8. The number of aliphatic hydroxyl groups excluding tert-OH is 1. The second kappa shape index (κ2) is 17.5. The van der Waals surface area contributed by atoms with Gasteiger partial charge in [0.05, 0.1) is 24.5 Å². The van der Waals surface area contributed by atoms with Gasteiger partial charge >= 0.3 is 5.97 Å². The largest absolute Gasteiger partial charge is 0.463 e. The highest BCUT2D eigenvalue weighted by atomic mass is 16.5. The van der Waals surface area contributed by atoms with Gasteiger partial charge < -0.3 is 20.5 Å². The molecule has 7 nitrogen and oxygen atoms in total. The summed E-state index contributed by atoms with van der Waals surface area (Å²) in [5.74, 6) is -1.74. The first-order valence-corrected chi connectivity index (χ1v) is 12.8. The van der Waals surface area contributed by atoms with Crippen molar-refractivity contribution in [1.82, 2.24) is 10.6 Å². The minimum absolute atomic E-state index is 0.0164. The van der Waals surface area contributed by atoms with Crippen LogP contribution in [0.25, 0.3) is 0 Å². The van der Waals surface area contributed by atoms with Crippen molar-refractivity contribution in [2.45, 2.75) is 71.4 Å². The SMILES string of the molecule is C=CCCC[C@H](Cc1ccccc1)C(=O)OC[C@@H](NC(=O)[C@@H](CC=C)CC(=O)N[C@@H](C)CO)C(C)C. The predicted molar refractivity (Wildman–Crippen MR) is 143 cm³/mol. The zero-order chi connectivity index (χ0) is 26.9. The molecule has 0 aliphatic heterocycles. The molecule has 0 unspecified atom stereocenters. The maximum Gasteiger partial charge on any atom is 0.309 e. The summed E-state index contributed by atoms with van der Waals surface area (Å²) < 4.78 is 5.71. The fourth-order valence-electron chi connectivity index (χ4n) is 3.79. The molecule has 0 heterocycles. The number of hydrogen-bond donors (Lipinski definition) is 3. The Morgan fingerprint density at radius 1 is 1.03 bits per heavy atom. The lowest BCUT2D eigenvalue weighted by Gasteiger charge is -2.26. The zero-order valence-electron chi connectivity index (χ0n) is 22.1. The first-order chi connectivity index (χ1) is 17.2. The number of ether oxygens (including phenoxy) is 1. The van der Waals surface area contributed by atoms with E-state index in [4.69, 9.17) is 9.84 Å². The number of aliphatic hydroxyl groups is 1. The van der Waals surface area contributed by atoms with Crippen molar-refractivity contribution in [3.63, 3.8) is 0 Å². The normalized spacial score (nSPS) is 14.2. The summed E-state index contributed by atoms with van der Waals surface area (Å²) in [6.07, 6.45) is 6.74. The highest BCUT2D eigenvalue weighted by molar-refractivity contribution is 5.86. The molecule has 0 aromatic heterocycles. The van der Waals surface area contributed by atoms with E-state index >= 15 is 0 Å². The lowest BCUT2D eigenvalue weighted by molar-refractivity contribution is -0.150. The van der Waals surface area contributed by atoms with Crippen molar-refractivity contribution in [3.05, 3.63) is 61.2 Å². The molecule has 4 atom stereocenters. The summed E-state index contributed by atoms with van der Waals surface area (Å²) in [6, 6.07) is 9.08. The fraction of sp³-hybridized carbons (Fsp3) is 0.552. The third kappa shape index (κ3) is 12.2. The molecule has 3 N–H and O–H groups in total. The van der Waals surface area contributed by atoms with Crippen molar-refractivity contribution in [2.75, 3.05) is 13.2 Å². The van der Waals surface area contributed by atoms with Gasteiger partial charge in [0.15, 0.2) is 0 Å². The molecular formula is C29H44N2O5. The number of hydrogen-bond acceptors (Lipinski definition) is 5. The average molecular weight is 501 g/mol. The van der Waals surface area contributed by atoms with Crippen LogP contribution in [-0.2, 0) is 25.5 Å². The van der Waals surface area contributed by atoms with E-state index in [-0.39, 0.29) is 55.3 Å². The summed E-state index contributed by atoms with van der Waals surface area (Å²) in [6.45, 7) is 12.9. The van der Waals surface area contributed by atoms with Crippen LogP contribution in [0.15, 0.2) is 55.6 Å². The molecule has 0 saturated carbocycles. The highest BCUT2D eigenvalue weighted by Crippen LogP contribution is 2.18. The Labute approximate surface area is 216 Å². The Morgan fingerprint density at radius 3 is 2.31 bits per heavy atom. The van der Waals surface area contributed by atoms with Crippen LogP contribution in [0.4, 0.5) is 0 Å². The zero-order valence-corrected chi connectivity index (χ0v) is 22.1. The monoisotopic (exact) mass is 500 g/mol. The van der Waals surface area contributed by atoms with Crippen LogP contribution in [0.1, 0.15) is 58.4 Å². The smallest absolute Gasteiger partial charge is 0.309 e. The average Bonchev–Trinajstić information content (AvgIpc) is 2.85. The molecule has 0 fully saturated rings. The summed E-state index contributed by atoms with van der Waals surface area (Å²) in [7, 11) is 0. The van der Waals surface area contributed by atoms with Crippen LogP contribution in [0, 0.1) is 17.8 Å². The number of esters is 1. The lowest BCUT2D eigenvalue weighted by Crippen LogP contribution is -2.46. The lowest BCUT2D eigenvalue weighted by atomic mass is 9.94. The molecule has 1 aromatic rings. The summed E-state index contributed by atoms with van der Waals surface area (Å²) >= 11 is 0. The van der Waals surface area contributed by atoms with Gasteiger partial charge in [-0.05, 0) is 50.5 Å². The van der Waals surface area contributed by atoms with Crippen LogP contribution >= 0.6 is 0 Å². The molecule has 0 spiro atoms. The summed E-state index contributed by atoms with van der Waals surface area (Å²) in [4.78, 5) is 38.3. The molecule has 1 aromatic carbocycles. The molecule has 0 aliphatic carbocycles. The first kappa shape index (κ1) is 31.1. The third-order valence-electron chi connectivity index (χ3n) is 6.09. The van der Waals surface area contributed by atoms with Gasteiger partial charge in [-0.2, -0.15) is 0 Å². The molecule has 0 saturated heterocycles. The number of amides is 2. The molecule has 2 amide bonds. The Balaban J connectivity index is 2.79. The topological polar surface area (TPSA) is 105 Å². The number of benzene rings is 1. The first-order valence-electron chi connectivity index (χ1n) is 12.8. The van der Waals surface area contributed by atoms with Crippen LogP contribution in [0.5, 0.6) is 0 Å². The number of rotatable bonds is 18. The number of carbonyl (C=O) groups is 3. The maximum absolute atomic E-state index is 13.0. The predicted octanol–water partition coefficient (Wildman–Crippen LogP) is 3.97. The van der Waals surface area contributed by atoms with E-state index in [0.29, 0.717) is 19.3 Å². The van der Waals surface area contributed by atoms with Crippen molar-refractivity contribution in [1.29, 1.82) is 0 Å². The van der Waals surface area contributed by atoms with E-state index in [0.717, 1.165) is 18.4 Å². The van der Waals surface area contributed by atoms with E-state index in [2.05, 4.69) is 23.8 Å². The molecule has 0 radical (unpaired) electrons. The van der Waals surface area contributed by atoms with Gasteiger partial charge in [0, 0.05) is 12.5 Å². The van der Waals surface area contributed by atoms with E-state index in [1.165, 1.54) is 0 Å². The molecule has 200 valence electrons. The van der Waals surface area contributed by atoms with Crippen LogP contribution in [-0.4, -0.2) is 48.2 Å². The van der Waals surface area contributed by atoms with Gasteiger partial charge in [0.1, 0.15) is 6.61 Å². The van der Waals surface area contributed by atoms with Gasteiger partial charge in [-0.3, -0.25) is 14.4 Å². The van der Waals surface area contributed by atoms with Gasteiger partial charge in [0.2, 0.25) is 11.8 Å². The molecular weight excluding hydrogens is 456 g/mol. The standard InChI is InChI=1S/C29H44N2O5/c1-6-8-10-16-25(17-23-14-11-9-12-15-23)29(35)36-20-26(21(3)4)31-28(34)24(13-7-2)18-27(33)30-22(5)19-32/h6-7,9,11-12,14-15,21-22,24-26,32H,1-2,8,10,13,16-20H2,3-5H3,(H,30,33)(H,31,34)/t22-,24-,25+,26+/m0/s1. The number of carbonyl (C=O) groups excluding carboxylic acids is 3. The Kier molecular flexibility index (Phi) is 15.1. The Hall–Kier alpha value is -2.93. The van der Waals surface area contributed by atoms with Crippen LogP contribution in [0.3, 0.4) is 0 Å². The van der Waals surface area contributed by atoms with Crippen molar-refractivity contribution >= 4 is 17.8 Å². The molecule has 0 aliphatic rings. The van der Waals surface area contributed by atoms with E-state index in [9.17, 15) is 14.4 Å². The minimum atomic E-state index is -0.602. The van der Waals surface area contributed by atoms with Gasteiger partial charge in [-0.15, -0.1) is 13.2 Å². The second-order valence-corrected chi connectivity index (χ2v) is 9.67. The maximum atomic E-state index is 13.0. The Morgan fingerprint density at radius 2 is 1.72 bits per heavy atom. The molecule has 36 heavy (non-hydrogen) atoms. The highest BCUT2D eigenvalue weighted by Gasteiger charge is 2.27. The molecule has 1 rings (SSSR count). The number of allylic oxidation sites excluding steroid dienone is 2. The van der Waals surface area contributed by atoms with Crippen molar-refractivity contribution in [2.24, 2.45) is 17.8 Å². The van der Waals surface area contributed by atoms with Gasteiger partial charge in [-0.1, -0.05) is 56.3 Å². The van der Waals surface area contributed by atoms with Crippen LogP contribution < -0.4 is 10.6 Å². The fourth-order valence-corrected chi connectivity index (χ4v) is 3.79.